The molecule has 0 amide bonds. The summed E-state index contributed by atoms with van der Waals surface area (Å²) in [5.41, 5.74) is 1.12. The van der Waals surface area contributed by atoms with Gasteiger partial charge in [0.2, 0.25) is 5.95 Å². The van der Waals surface area contributed by atoms with E-state index in [2.05, 4.69) is 37.8 Å². The van der Waals surface area contributed by atoms with Crippen molar-refractivity contribution in [3.05, 3.63) is 18.0 Å². The highest BCUT2D eigenvalue weighted by Crippen LogP contribution is 2.25. The normalized spacial score (nSPS) is 16.4. The molecule has 0 aliphatic heterocycles. The molecule has 14 heavy (non-hydrogen) atoms. The van der Waals surface area contributed by atoms with Crippen LogP contribution < -0.4 is 4.90 Å². The average Bonchev–Trinajstić information content (AvgIpc) is 2.15. The highest BCUT2D eigenvalue weighted by atomic mass is 79.9. The Morgan fingerprint density at radius 2 is 2.07 bits per heavy atom. The molecule has 0 radical (unpaired) electrons. The van der Waals surface area contributed by atoms with Gasteiger partial charge in [-0.2, -0.15) is 0 Å². The quantitative estimate of drug-likeness (QED) is 0.777. The van der Waals surface area contributed by atoms with Crippen LogP contribution in [-0.2, 0) is 5.33 Å². The van der Waals surface area contributed by atoms with Gasteiger partial charge in [-0.15, -0.1) is 0 Å². The number of rotatable bonds is 3. The summed E-state index contributed by atoms with van der Waals surface area (Å²) in [5, 5.41) is 0.820. The van der Waals surface area contributed by atoms with Crippen LogP contribution in [0.25, 0.3) is 0 Å². The maximum Gasteiger partial charge on any atom is 0.225 e. The molecule has 1 saturated carbocycles. The molecule has 4 heteroatoms. The summed E-state index contributed by atoms with van der Waals surface area (Å²) >= 11 is 3.38. The monoisotopic (exact) mass is 255 g/mol. The third kappa shape index (κ3) is 1.90. The average molecular weight is 256 g/mol. The predicted molar refractivity (Wildman–Crippen MR) is 60.7 cm³/mol. The van der Waals surface area contributed by atoms with E-state index in [0.717, 1.165) is 16.8 Å². The lowest BCUT2D eigenvalue weighted by molar-refractivity contribution is 0.397. The molecule has 76 valence electrons. The first-order valence-corrected chi connectivity index (χ1v) is 6.03. The molecule has 1 fully saturated rings. The van der Waals surface area contributed by atoms with Crippen LogP contribution >= 0.6 is 15.9 Å². The van der Waals surface area contributed by atoms with Gasteiger partial charge in [-0.25, -0.2) is 9.97 Å². The van der Waals surface area contributed by atoms with E-state index >= 15 is 0 Å². The Labute approximate surface area is 92.7 Å². The van der Waals surface area contributed by atoms with Gasteiger partial charge in [0.15, 0.2) is 0 Å². The molecule has 1 aliphatic rings. The fourth-order valence-corrected chi connectivity index (χ4v) is 1.83. The minimum absolute atomic E-state index is 0.657. The van der Waals surface area contributed by atoms with E-state index in [-0.39, 0.29) is 0 Å². The Hall–Kier alpha value is -0.640. The topological polar surface area (TPSA) is 29.0 Å². The van der Waals surface area contributed by atoms with Gasteiger partial charge in [-0.3, -0.25) is 0 Å². The van der Waals surface area contributed by atoms with Gasteiger partial charge in [0.05, 0.1) is 0 Å². The molecule has 1 aliphatic carbocycles. The van der Waals surface area contributed by atoms with Gasteiger partial charge >= 0.3 is 0 Å². The van der Waals surface area contributed by atoms with Gasteiger partial charge in [-0.1, -0.05) is 15.9 Å². The maximum absolute atomic E-state index is 4.34. The van der Waals surface area contributed by atoms with Crippen molar-refractivity contribution in [1.82, 2.24) is 9.97 Å². The molecule has 3 nitrogen and oxygen atoms in total. The van der Waals surface area contributed by atoms with E-state index < -0.39 is 0 Å². The van der Waals surface area contributed by atoms with E-state index in [1.54, 1.807) is 0 Å². The van der Waals surface area contributed by atoms with Gasteiger partial charge in [0.1, 0.15) is 0 Å². The van der Waals surface area contributed by atoms with Crippen LogP contribution in [0.2, 0.25) is 0 Å². The molecule has 0 saturated heterocycles. The fourth-order valence-electron chi connectivity index (χ4n) is 1.54. The lowest BCUT2D eigenvalue weighted by atomic mass is 9.92. The van der Waals surface area contributed by atoms with Gasteiger partial charge in [0.25, 0.3) is 0 Å². The van der Waals surface area contributed by atoms with E-state index in [1.807, 2.05) is 12.4 Å². The predicted octanol–water partition coefficient (Wildman–Crippen LogP) is 2.36. The van der Waals surface area contributed by atoms with E-state index in [4.69, 9.17) is 0 Å². The first kappa shape index (κ1) is 9.90. The minimum atomic E-state index is 0.657. The lowest BCUT2D eigenvalue weighted by Crippen LogP contribution is -2.38. The molecular weight excluding hydrogens is 242 g/mol. The Kier molecular flexibility index (Phi) is 3.01. The Balaban J connectivity index is 2.07. The number of nitrogens with zero attached hydrogens (tertiary/aromatic N) is 3. The summed E-state index contributed by atoms with van der Waals surface area (Å²) in [6.07, 6.45) is 7.66. The zero-order valence-electron chi connectivity index (χ0n) is 8.28. The highest BCUT2D eigenvalue weighted by molar-refractivity contribution is 9.08. The summed E-state index contributed by atoms with van der Waals surface area (Å²) in [5.74, 6) is 0.847. The summed E-state index contributed by atoms with van der Waals surface area (Å²) in [6, 6.07) is 0.657. The standard InChI is InChI=1S/C10H14BrN3/c1-14(9-3-2-4-9)10-12-6-8(5-11)7-13-10/h6-7,9H,2-5H2,1H3. The van der Waals surface area contributed by atoms with Crippen molar-refractivity contribution in [2.75, 3.05) is 11.9 Å². The van der Waals surface area contributed by atoms with E-state index in [0.29, 0.717) is 6.04 Å². The van der Waals surface area contributed by atoms with Crippen LogP contribution in [-0.4, -0.2) is 23.1 Å². The summed E-state index contributed by atoms with van der Waals surface area (Å²) in [7, 11) is 2.08. The van der Waals surface area contributed by atoms with Gasteiger partial charge in [0, 0.05) is 30.8 Å². The van der Waals surface area contributed by atoms with Crippen molar-refractivity contribution in [3.8, 4) is 0 Å². The smallest absolute Gasteiger partial charge is 0.225 e. The second kappa shape index (κ2) is 4.26. The van der Waals surface area contributed by atoms with Crippen LogP contribution in [0.5, 0.6) is 0 Å². The first-order chi connectivity index (χ1) is 6.81. The molecule has 0 unspecified atom stereocenters. The second-order valence-corrected chi connectivity index (χ2v) is 4.28. The Morgan fingerprint density at radius 3 is 2.50 bits per heavy atom. The number of hydrogen-bond acceptors (Lipinski definition) is 3. The molecule has 0 spiro atoms. The molecule has 0 bridgehead atoms. The zero-order valence-corrected chi connectivity index (χ0v) is 9.87. The molecular formula is C10H14BrN3. The Morgan fingerprint density at radius 1 is 1.43 bits per heavy atom. The fraction of sp³-hybridized carbons (Fsp3) is 0.600. The SMILES string of the molecule is CN(c1ncc(CBr)cn1)C1CCC1. The third-order valence-electron chi connectivity index (χ3n) is 2.78. The molecule has 0 N–H and O–H groups in total. The molecule has 0 atom stereocenters. The second-order valence-electron chi connectivity index (χ2n) is 3.72. The third-order valence-corrected chi connectivity index (χ3v) is 3.43. The summed E-state index contributed by atoms with van der Waals surface area (Å²) < 4.78 is 0. The van der Waals surface area contributed by atoms with Crippen LogP contribution in [0, 0.1) is 0 Å². The van der Waals surface area contributed by atoms with Crippen LogP contribution in [0.3, 0.4) is 0 Å². The number of alkyl halides is 1. The molecule has 0 aromatic carbocycles. The first-order valence-electron chi connectivity index (χ1n) is 4.91. The van der Waals surface area contributed by atoms with E-state index in [1.165, 1.54) is 19.3 Å². The summed E-state index contributed by atoms with van der Waals surface area (Å²) in [6.45, 7) is 0. The minimum Gasteiger partial charge on any atom is -0.341 e. The van der Waals surface area contributed by atoms with Crippen molar-refractivity contribution in [1.29, 1.82) is 0 Å². The summed E-state index contributed by atoms with van der Waals surface area (Å²) in [4.78, 5) is 10.9. The number of anilines is 1. The van der Waals surface area contributed by atoms with Gasteiger partial charge < -0.3 is 4.90 Å². The highest BCUT2D eigenvalue weighted by Gasteiger charge is 2.23. The largest absolute Gasteiger partial charge is 0.341 e. The molecule has 1 heterocycles. The number of aromatic nitrogens is 2. The van der Waals surface area contributed by atoms with Crippen molar-refractivity contribution >= 4 is 21.9 Å². The number of halogens is 1. The van der Waals surface area contributed by atoms with Crippen molar-refractivity contribution < 1.29 is 0 Å². The van der Waals surface area contributed by atoms with Crippen molar-refractivity contribution in [2.24, 2.45) is 0 Å². The molecule has 2 rings (SSSR count). The van der Waals surface area contributed by atoms with Gasteiger partial charge in [-0.05, 0) is 24.8 Å². The van der Waals surface area contributed by atoms with Crippen LogP contribution in [0.4, 0.5) is 5.95 Å². The van der Waals surface area contributed by atoms with Crippen LogP contribution in [0.15, 0.2) is 12.4 Å². The van der Waals surface area contributed by atoms with Crippen molar-refractivity contribution in [2.45, 2.75) is 30.6 Å². The molecule has 1 aromatic rings. The zero-order chi connectivity index (χ0) is 9.97. The Bertz CT molecular complexity index is 295. The molecule has 1 aromatic heterocycles. The van der Waals surface area contributed by atoms with E-state index in [9.17, 15) is 0 Å². The lowest BCUT2D eigenvalue weighted by Gasteiger charge is -2.34. The van der Waals surface area contributed by atoms with Crippen molar-refractivity contribution in [3.63, 3.8) is 0 Å². The maximum atomic E-state index is 4.34. The van der Waals surface area contributed by atoms with Crippen LogP contribution in [0.1, 0.15) is 24.8 Å². The number of hydrogen-bond donors (Lipinski definition) is 0.